The van der Waals surface area contributed by atoms with E-state index in [4.69, 9.17) is 14.5 Å². The van der Waals surface area contributed by atoms with Crippen molar-refractivity contribution in [2.45, 2.75) is 0 Å². The summed E-state index contributed by atoms with van der Waals surface area (Å²) >= 11 is 0. The highest BCUT2D eigenvalue weighted by molar-refractivity contribution is 5.91. The molecule has 2 aliphatic rings. The van der Waals surface area contributed by atoms with Crippen LogP contribution in [-0.2, 0) is 0 Å². The van der Waals surface area contributed by atoms with E-state index in [0.717, 1.165) is 56.0 Å². The SMILES string of the molecule is COc1cccc(-c2cc3cc4ccc(cc5nc(cc6nc(cc2[nH]3)C=C6)C=C5)[nH]4)c1OC. The fraction of sp³-hybridized carbons (Fsp3) is 0.0714. The first-order chi connectivity index (χ1) is 16.7. The van der Waals surface area contributed by atoms with E-state index in [-0.39, 0.29) is 0 Å². The zero-order chi connectivity index (χ0) is 23.1. The van der Waals surface area contributed by atoms with E-state index in [9.17, 15) is 0 Å². The Labute approximate surface area is 196 Å². The van der Waals surface area contributed by atoms with Gasteiger partial charge in [-0.2, -0.15) is 0 Å². The normalized spacial score (nSPS) is 12.2. The van der Waals surface area contributed by atoms with Gasteiger partial charge in [-0.25, -0.2) is 9.97 Å². The van der Waals surface area contributed by atoms with Crippen molar-refractivity contribution in [2.24, 2.45) is 0 Å². The zero-order valence-corrected chi connectivity index (χ0v) is 18.8. The Hall–Kier alpha value is -4.58. The summed E-state index contributed by atoms with van der Waals surface area (Å²) in [6.07, 6.45) is 8.02. The second-order valence-electron chi connectivity index (χ2n) is 8.13. The molecule has 34 heavy (non-hydrogen) atoms. The summed E-state index contributed by atoms with van der Waals surface area (Å²) in [4.78, 5) is 16.5. The quantitative estimate of drug-likeness (QED) is 0.333. The molecule has 0 saturated carbocycles. The van der Waals surface area contributed by atoms with E-state index in [0.29, 0.717) is 11.5 Å². The molecule has 5 heterocycles. The van der Waals surface area contributed by atoms with Gasteiger partial charge in [0.25, 0.3) is 0 Å². The molecule has 0 unspecified atom stereocenters. The topological polar surface area (TPSA) is 75.8 Å². The van der Waals surface area contributed by atoms with E-state index in [1.165, 1.54) is 0 Å². The number of H-pyrrole nitrogens is 2. The number of fused-ring (bicyclic) bond motifs is 8. The van der Waals surface area contributed by atoms with Crippen LogP contribution in [0, 0.1) is 0 Å². The van der Waals surface area contributed by atoms with Crippen molar-refractivity contribution >= 4 is 46.4 Å². The molecule has 1 aromatic carbocycles. The lowest BCUT2D eigenvalue weighted by atomic mass is 10.0. The number of ether oxygens (including phenoxy) is 2. The number of methoxy groups -OCH3 is 2. The molecule has 0 amide bonds. The largest absolute Gasteiger partial charge is 0.493 e. The highest BCUT2D eigenvalue weighted by Gasteiger charge is 2.14. The van der Waals surface area contributed by atoms with E-state index < -0.39 is 0 Å². The van der Waals surface area contributed by atoms with Crippen LogP contribution in [0.2, 0.25) is 0 Å². The number of hydrogen-bond acceptors (Lipinski definition) is 4. The maximum absolute atomic E-state index is 5.73. The summed E-state index contributed by atoms with van der Waals surface area (Å²) in [6, 6.07) is 20.3. The summed E-state index contributed by atoms with van der Waals surface area (Å²) in [7, 11) is 3.31. The Morgan fingerprint density at radius 1 is 0.588 bits per heavy atom. The van der Waals surface area contributed by atoms with Crippen LogP contribution < -0.4 is 9.47 Å². The van der Waals surface area contributed by atoms with Crippen molar-refractivity contribution in [3.05, 3.63) is 83.4 Å². The van der Waals surface area contributed by atoms with Gasteiger partial charge in [0.2, 0.25) is 0 Å². The van der Waals surface area contributed by atoms with Crippen LogP contribution in [0.5, 0.6) is 11.5 Å². The van der Waals surface area contributed by atoms with Gasteiger partial charge in [-0.1, -0.05) is 12.1 Å². The molecule has 2 N–H and O–H groups in total. The molecule has 0 radical (unpaired) electrons. The monoisotopic (exact) mass is 446 g/mol. The van der Waals surface area contributed by atoms with Gasteiger partial charge in [0.15, 0.2) is 11.5 Å². The predicted octanol–water partition coefficient (Wildman–Crippen LogP) is 6.34. The molecular formula is C28H22N4O2. The molecule has 0 atom stereocenters. The number of para-hydroxylation sites is 1. The predicted molar refractivity (Wildman–Crippen MR) is 137 cm³/mol. The van der Waals surface area contributed by atoms with Crippen molar-refractivity contribution in [2.75, 3.05) is 14.2 Å². The maximum atomic E-state index is 5.73. The maximum Gasteiger partial charge on any atom is 0.168 e. The molecule has 0 saturated heterocycles. The number of hydrogen-bond donors (Lipinski definition) is 2. The summed E-state index contributed by atoms with van der Waals surface area (Å²) < 4.78 is 11.3. The molecule has 4 aromatic rings. The first-order valence-electron chi connectivity index (χ1n) is 11.0. The lowest BCUT2D eigenvalue weighted by Crippen LogP contribution is -1.92. The van der Waals surface area contributed by atoms with Crippen molar-refractivity contribution in [1.29, 1.82) is 0 Å². The lowest BCUT2D eigenvalue weighted by molar-refractivity contribution is 0.356. The molecule has 3 aromatic heterocycles. The van der Waals surface area contributed by atoms with Gasteiger partial charge in [-0.15, -0.1) is 0 Å². The zero-order valence-electron chi connectivity index (χ0n) is 18.8. The van der Waals surface area contributed by atoms with Gasteiger partial charge in [-0.05, 0) is 72.8 Å². The average Bonchev–Trinajstić information content (AvgIpc) is 3.63. The van der Waals surface area contributed by atoms with Crippen LogP contribution >= 0.6 is 0 Å². The Kier molecular flexibility index (Phi) is 4.77. The molecule has 6 nitrogen and oxygen atoms in total. The minimum Gasteiger partial charge on any atom is -0.493 e. The summed E-state index contributed by atoms with van der Waals surface area (Å²) in [6.45, 7) is 0. The van der Waals surface area contributed by atoms with Crippen molar-refractivity contribution in [3.63, 3.8) is 0 Å². The van der Waals surface area contributed by atoms with Crippen LogP contribution in [0.3, 0.4) is 0 Å². The Balaban J connectivity index is 1.68. The Morgan fingerprint density at radius 2 is 1.26 bits per heavy atom. The molecule has 166 valence electrons. The third kappa shape index (κ3) is 3.65. The molecule has 6 rings (SSSR count). The van der Waals surface area contributed by atoms with E-state index in [1.807, 2.05) is 60.7 Å². The molecule has 0 spiro atoms. The molecule has 6 heteroatoms. The number of benzene rings is 1. The lowest BCUT2D eigenvalue weighted by Gasteiger charge is -2.11. The van der Waals surface area contributed by atoms with Gasteiger partial charge in [0.05, 0.1) is 37.0 Å². The van der Waals surface area contributed by atoms with Gasteiger partial charge in [0.1, 0.15) is 0 Å². The number of nitrogens with zero attached hydrogens (tertiary/aromatic N) is 2. The third-order valence-electron chi connectivity index (χ3n) is 5.86. The molecular weight excluding hydrogens is 424 g/mol. The first kappa shape index (κ1) is 20.1. The standard InChI is InChI=1S/C28H22N4O2/c1-33-27-5-3-4-24(28(27)34-2)25-15-23-14-21-9-8-19(30-21)12-17-6-7-18(29-17)13-20-10-11-22(31-20)16-26(25)32-23/h3-16,30,32H,1-2H3. The van der Waals surface area contributed by atoms with Crippen LogP contribution in [0.4, 0.5) is 0 Å². The minimum atomic E-state index is 0.685. The van der Waals surface area contributed by atoms with Crippen LogP contribution in [0.15, 0.2) is 60.7 Å². The number of aromatic nitrogens is 4. The summed E-state index contributed by atoms with van der Waals surface area (Å²) in [5.41, 5.74) is 9.31. The van der Waals surface area contributed by atoms with Crippen molar-refractivity contribution < 1.29 is 9.47 Å². The third-order valence-corrected chi connectivity index (χ3v) is 5.86. The second kappa shape index (κ2) is 8.08. The van der Waals surface area contributed by atoms with Crippen molar-refractivity contribution in [1.82, 2.24) is 19.9 Å². The van der Waals surface area contributed by atoms with Crippen LogP contribution in [0.25, 0.3) is 57.5 Å². The Morgan fingerprint density at radius 3 is 1.97 bits per heavy atom. The fourth-order valence-corrected chi connectivity index (χ4v) is 4.34. The number of nitrogens with one attached hydrogen (secondary N) is 2. The Bertz CT molecular complexity index is 1640. The van der Waals surface area contributed by atoms with Crippen molar-refractivity contribution in [3.8, 4) is 22.6 Å². The number of rotatable bonds is 3. The summed E-state index contributed by atoms with van der Waals surface area (Å²) in [5, 5.41) is 0. The summed E-state index contributed by atoms with van der Waals surface area (Å²) in [5.74, 6) is 1.38. The van der Waals surface area contributed by atoms with E-state index >= 15 is 0 Å². The molecule has 8 bridgehead atoms. The smallest absolute Gasteiger partial charge is 0.168 e. The molecule has 0 fully saturated rings. The van der Waals surface area contributed by atoms with Gasteiger partial charge in [0, 0.05) is 33.2 Å². The average molecular weight is 447 g/mol. The van der Waals surface area contributed by atoms with Crippen LogP contribution in [0.1, 0.15) is 22.8 Å². The molecule has 0 aliphatic carbocycles. The van der Waals surface area contributed by atoms with E-state index in [1.54, 1.807) is 14.2 Å². The van der Waals surface area contributed by atoms with Gasteiger partial charge in [-0.3, -0.25) is 0 Å². The second-order valence-corrected chi connectivity index (χ2v) is 8.13. The van der Waals surface area contributed by atoms with Gasteiger partial charge >= 0.3 is 0 Å². The van der Waals surface area contributed by atoms with E-state index in [2.05, 4.69) is 39.2 Å². The highest BCUT2D eigenvalue weighted by atomic mass is 16.5. The first-order valence-corrected chi connectivity index (χ1v) is 11.0. The number of aromatic amines is 2. The van der Waals surface area contributed by atoms with Crippen LogP contribution in [-0.4, -0.2) is 34.2 Å². The fourth-order valence-electron chi connectivity index (χ4n) is 4.34. The van der Waals surface area contributed by atoms with Gasteiger partial charge < -0.3 is 19.4 Å². The molecule has 2 aliphatic heterocycles. The highest BCUT2D eigenvalue weighted by Crippen LogP contribution is 2.40. The minimum absolute atomic E-state index is 0.685.